The molecule has 7 aromatic carbocycles. The van der Waals surface area contributed by atoms with Crippen LogP contribution in [0.4, 0.5) is 26.3 Å². The zero-order chi connectivity index (χ0) is 47.7. The van der Waals surface area contributed by atoms with Crippen molar-refractivity contribution >= 4 is 111 Å². The molecule has 0 radical (unpaired) electrons. The van der Waals surface area contributed by atoms with Crippen LogP contribution in [0, 0.1) is 19.2 Å². The molecule has 69 heavy (non-hydrogen) atoms. The van der Waals surface area contributed by atoms with E-state index in [0.29, 0.717) is 54.7 Å². The minimum atomic E-state index is -5.00. The number of hydrogen-bond donors (Lipinski definition) is 2. The summed E-state index contributed by atoms with van der Waals surface area (Å²) in [6, 6.07) is 41.3. The zero-order valence-corrected chi connectivity index (χ0v) is 40.1. The maximum absolute atomic E-state index is 13.3. The van der Waals surface area contributed by atoms with Gasteiger partial charge in [-0.1, -0.05) is 107 Å². The van der Waals surface area contributed by atoms with Gasteiger partial charge in [-0.2, -0.15) is 73.9 Å². The standard InChI is InChI=1S/C24H11F6N2OS.2C14H9N2S.Ir/c25-23(26,27)15-10-16(24(28,29)30)12-17(11-15)33-22-19-9-14-5-2-1-4-13(14)8-18(19)21(31-32-22)20-6-3-7-34-20;2*1-9(17)14-13-7-11-5-3-2-4-10(11)6-12(13)8-15-16-14;/h1-5,7-12H;2*1-8,17H;/q3*-1;+3. The van der Waals surface area contributed by atoms with Crippen LogP contribution in [-0.4, -0.2) is 30.6 Å². The van der Waals surface area contributed by atoms with Crippen LogP contribution in [-0.2, 0) is 32.5 Å². The average molecular weight is 1160 g/mol. The number of hydrogen-bond acceptors (Lipinski definition) is 10. The van der Waals surface area contributed by atoms with Gasteiger partial charge in [-0.3, -0.25) is 13.2 Å². The van der Waals surface area contributed by atoms with E-state index in [0.717, 1.165) is 43.1 Å². The van der Waals surface area contributed by atoms with Crippen molar-refractivity contribution in [2.75, 3.05) is 0 Å². The first-order chi connectivity index (χ1) is 32.6. The third-order valence-electron chi connectivity index (χ3n) is 10.6. The summed E-state index contributed by atoms with van der Waals surface area (Å²) in [6.45, 7) is 11.4. The maximum Gasteiger partial charge on any atom is 3.00 e. The van der Waals surface area contributed by atoms with E-state index in [2.05, 4.69) is 110 Å². The first kappa shape index (κ1) is 48.7. The molecule has 4 aromatic heterocycles. The van der Waals surface area contributed by atoms with Gasteiger partial charge in [0.15, 0.2) is 0 Å². The number of thiophene rings is 1. The molecule has 0 aliphatic carbocycles. The fourth-order valence-corrected chi connectivity index (χ4v) is 8.45. The van der Waals surface area contributed by atoms with Crippen LogP contribution < -0.4 is 4.74 Å². The fraction of sp³-hybridized carbons (Fsp3) is 0.0385. The molecule has 0 atom stereocenters. The van der Waals surface area contributed by atoms with Crippen molar-refractivity contribution in [2.45, 2.75) is 12.4 Å². The largest absolute Gasteiger partial charge is 3.00 e. The maximum atomic E-state index is 13.3. The summed E-state index contributed by atoms with van der Waals surface area (Å²) in [5.74, 6) is -0.866. The average Bonchev–Trinajstić information content (AvgIpc) is 3.87. The van der Waals surface area contributed by atoms with Crippen molar-refractivity contribution in [3.05, 3.63) is 193 Å². The van der Waals surface area contributed by atoms with Crippen LogP contribution in [0.15, 0.2) is 151 Å². The van der Waals surface area contributed by atoms with Gasteiger partial charge in [0.05, 0.1) is 23.5 Å². The van der Waals surface area contributed by atoms with Gasteiger partial charge in [-0.15, -0.1) is 20.3 Å². The molecule has 342 valence electrons. The Morgan fingerprint density at radius 1 is 0.522 bits per heavy atom. The van der Waals surface area contributed by atoms with E-state index in [-0.39, 0.29) is 32.1 Å². The number of fused-ring (bicyclic) bond motifs is 6. The monoisotopic (exact) mass is 1160 g/mol. The Morgan fingerprint density at radius 3 is 1.35 bits per heavy atom. The number of aromatic nitrogens is 6. The summed E-state index contributed by atoms with van der Waals surface area (Å²) >= 11 is 9.67. The summed E-state index contributed by atoms with van der Waals surface area (Å²) < 4.78 is 85.1. The summed E-state index contributed by atoms with van der Waals surface area (Å²) in [6.07, 6.45) is -6.52. The van der Waals surface area contributed by atoms with Crippen molar-refractivity contribution in [1.82, 2.24) is 30.6 Å². The molecule has 0 bridgehead atoms. The van der Waals surface area contributed by atoms with Gasteiger partial charge in [0.2, 0.25) is 5.88 Å². The van der Waals surface area contributed by atoms with Crippen molar-refractivity contribution < 1.29 is 51.2 Å². The van der Waals surface area contributed by atoms with Crippen LogP contribution in [0.1, 0.15) is 22.5 Å². The molecule has 0 N–H and O–H groups in total. The van der Waals surface area contributed by atoms with Crippen molar-refractivity contribution in [1.29, 1.82) is 0 Å². The molecule has 0 fully saturated rings. The predicted molar refractivity (Wildman–Crippen MR) is 263 cm³/mol. The molecule has 0 unspecified atom stereocenters. The molecular weight excluding hydrogens is 1130 g/mol. The van der Waals surface area contributed by atoms with E-state index < -0.39 is 29.2 Å². The molecule has 0 aliphatic heterocycles. The summed E-state index contributed by atoms with van der Waals surface area (Å²) in [5.41, 5.74) is -1.22. The molecule has 4 heterocycles. The number of alkyl halides is 6. The summed E-state index contributed by atoms with van der Waals surface area (Å²) in [5, 5.41) is 37.2. The molecule has 11 rings (SSSR count). The Labute approximate surface area is 417 Å². The van der Waals surface area contributed by atoms with E-state index in [9.17, 15) is 26.3 Å². The number of halogens is 6. The molecule has 17 heteroatoms. The van der Waals surface area contributed by atoms with E-state index >= 15 is 0 Å². The SMILES string of the molecule is FC(F)(F)c1cc(Oc2nnc(-c3[c-]ccs3)c3cc4ccccc4cc23)cc(C(F)(F)F)c1.[CH-]=C(S)c1nncc2cc3ccccc3cc12.[CH-]=C(S)c1nncc2cc3ccccc3cc12.[Ir+3]. The van der Waals surface area contributed by atoms with Crippen LogP contribution in [0.3, 0.4) is 0 Å². The van der Waals surface area contributed by atoms with Gasteiger partial charge in [0.25, 0.3) is 0 Å². The van der Waals surface area contributed by atoms with Crippen molar-refractivity contribution in [3.8, 4) is 22.2 Å². The normalized spacial score (nSPS) is 11.5. The molecule has 0 saturated heterocycles. The molecule has 0 spiro atoms. The second-order valence-corrected chi connectivity index (χ2v) is 16.9. The molecule has 0 aliphatic rings. The number of nitrogens with zero attached hydrogens (tertiary/aromatic N) is 6. The first-order valence-corrected chi connectivity index (χ1v) is 21.9. The number of rotatable bonds is 5. The van der Waals surface area contributed by atoms with Crippen LogP contribution in [0.2, 0.25) is 0 Å². The molecule has 0 amide bonds. The van der Waals surface area contributed by atoms with Crippen LogP contribution in [0.5, 0.6) is 11.6 Å². The second kappa shape index (κ2) is 20.1. The predicted octanol–water partition coefficient (Wildman–Crippen LogP) is 15.1. The number of benzene rings is 7. The van der Waals surface area contributed by atoms with E-state index in [1.807, 2.05) is 48.5 Å². The van der Waals surface area contributed by atoms with E-state index in [1.54, 1.807) is 36.0 Å². The third kappa shape index (κ3) is 10.6. The molecule has 11 aromatic rings. The van der Waals surface area contributed by atoms with Crippen molar-refractivity contribution in [2.24, 2.45) is 0 Å². The molecule has 0 saturated carbocycles. The molecule has 7 nitrogen and oxygen atoms in total. The Bertz CT molecular complexity index is 3580. The minimum absolute atomic E-state index is 0. The van der Waals surface area contributed by atoms with Gasteiger partial charge in [0, 0.05) is 11.1 Å². The number of ether oxygens (including phenoxy) is 1. The summed E-state index contributed by atoms with van der Waals surface area (Å²) in [7, 11) is 0. The fourth-order valence-electron chi connectivity index (χ4n) is 7.45. The Kier molecular flexibility index (Phi) is 14.2. The quantitative estimate of drug-likeness (QED) is 0.0768. The second-order valence-electron chi connectivity index (χ2n) is 15.1. The molecular formula is C52H29F6IrN6OS3. The van der Waals surface area contributed by atoms with Gasteiger partial charge in [-0.25, -0.2) is 26.6 Å². The zero-order valence-electron chi connectivity index (χ0n) is 35.1. The Balaban J connectivity index is 0.000000153. The van der Waals surface area contributed by atoms with Crippen LogP contribution in [0.25, 0.3) is 85.0 Å². The van der Waals surface area contributed by atoms with E-state index in [4.69, 9.17) is 17.9 Å². The first-order valence-electron chi connectivity index (χ1n) is 20.1. The van der Waals surface area contributed by atoms with Gasteiger partial charge in [0.1, 0.15) is 5.75 Å². The van der Waals surface area contributed by atoms with Crippen molar-refractivity contribution in [3.63, 3.8) is 0 Å². The minimum Gasteiger partial charge on any atom is -0.437 e. The van der Waals surface area contributed by atoms with Gasteiger partial charge < -0.3 is 4.74 Å². The van der Waals surface area contributed by atoms with Gasteiger partial charge in [-0.05, 0) is 96.3 Å². The third-order valence-corrected chi connectivity index (χ3v) is 11.9. The van der Waals surface area contributed by atoms with Crippen LogP contribution >= 0.6 is 36.6 Å². The summed E-state index contributed by atoms with van der Waals surface area (Å²) in [4.78, 5) is 1.45. The topological polar surface area (TPSA) is 86.6 Å². The van der Waals surface area contributed by atoms with Gasteiger partial charge >= 0.3 is 32.5 Å². The Hall–Kier alpha value is -6.75. The van der Waals surface area contributed by atoms with E-state index in [1.165, 1.54) is 22.1 Å². The smallest absolute Gasteiger partial charge is 0.437 e. The number of thiol groups is 2. The Morgan fingerprint density at radius 2 is 0.942 bits per heavy atom.